The van der Waals surface area contributed by atoms with Crippen LogP contribution in [0.25, 0.3) is 0 Å². The van der Waals surface area contributed by atoms with E-state index in [1.807, 2.05) is 0 Å². The number of halogens is 1. The first-order chi connectivity index (χ1) is 6.27. The van der Waals surface area contributed by atoms with Crippen molar-refractivity contribution in [1.82, 2.24) is 5.32 Å². The van der Waals surface area contributed by atoms with E-state index in [1.165, 1.54) is 18.7 Å². The maximum Gasteiger partial charge on any atom is 0.321 e. The van der Waals surface area contributed by atoms with Crippen LogP contribution >= 0.6 is 24.2 Å². The number of nitrogens with two attached hydrogens (primary N) is 1. The summed E-state index contributed by atoms with van der Waals surface area (Å²) in [5.41, 5.74) is 5.48. The zero-order valence-electron chi connectivity index (χ0n) is 8.94. The fraction of sp³-hybridized carbons (Fsp3) is 0.750. The van der Waals surface area contributed by atoms with Crippen LogP contribution in [0.3, 0.4) is 0 Å². The Labute approximate surface area is 99.6 Å². The molecule has 0 rings (SSSR count). The van der Waals surface area contributed by atoms with E-state index in [1.54, 1.807) is 13.8 Å². The Hall–Kier alpha value is -0.460. The van der Waals surface area contributed by atoms with E-state index >= 15 is 0 Å². The third-order valence-corrected chi connectivity index (χ3v) is 3.07. The lowest BCUT2D eigenvalue weighted by atomic mass is 10.1. The van der Waals surface area contributed by atoms with Crippen molar-refractivity contribution in [3.8, 4) is 0 Å². The van der Waals surface area contributed by atoms with Gasteiger partial charge in [0.15, 0.2) is 0 Å². The van der Waals surface area contributed by atoms with Crippen molar-refractivity contribution >= 4 is 36.0 Å². The van der Waals surface area contributed by atoms with E-state index < -0.39 is 16.8 Å². The van der Waals surface area contributed by atoms with Crippen LogP contribution in [0.1, 0.15) is 20.8 Å². The lowest BCUT2D eigenvalue weighted by Gasteiger charge is -2.27. The second kappa shape index (κ2) is 6.92. The number of nitrogens with one attached hydrogen (secondary N) is 1. The molecular weight excluding hydrogens is 240 g/mol. The van der Waals surface area contributed by atoms with E-state index in [2.05, 4.69) is 5.32 Å². The van der Waals surface area contributed by atoms with Gasteiger partial charge >= 0.3 is 5.97 Å². The van der Waals surface area contributed by atoms with Crippen LogP contribution in [0, 0.1) is 0 Å². The first-order valence-electron chi connectivity index (χ1n) is 4.14. The Kier molecular flexibility index (Phi) is 7.82. The molecule has 0 saturated carbocycles. The quantitative estimate of drug-likeness (QED) is 0.620. The number of carbonyl (C=O) groups excluding carboxylic acids is 1. The standard InChI is InChI=1S/C8H16N2O3S.ClH/c1-5(11)10-4-14-8(2,3)6(9)7(12)13;/h6H,4,9H2,1-3H3,(H,10,11)(H,12,13);1H/t6-;/m0./s1. The third kappa shape index (κ3) is 6.59. The van der Waals surface area contributed by atoms with Gasteiger partial charge < -0.3 is 16.2 Å². The molecule has 0 aliphatic rings. The molecule has 7 heteroatoms. The first-order valence-corrected chi connectivity index (χ1v) is 5.12. The molecule has 15 heavy (non-hydrogen) atoms. The van der Waals surface area contributed by atoms with Gasteiger partial charge in [-0.25, -0.2) is 0 Å². The highest BCUT2D eigenvalue weighted by atomic mass is 35.5. The van der Waals surface area contributed by atoms with Gasteiger partial charge in [-0.3, -0.25) is 9.59 Å². The molecule has 0 unspecified atom stereocenters. The lowest BCUT2D eigenvalue weighted by molar-refractivity contribution is -0.139. The second-order valence-corrected chi connectivity index (χ2v) is 5.07. The molecular formula is C8H17ClN2O3S. The van der Waals surface area contributed by atoms with E-state index in [-0.39, 0.29) is 18.3 Å². The highest BCUT2D eigenvalue weighted by Crippen LogP contribution is 2.26. The summed E-state index contributed by atoms with van der Waals surface area (Å²) in [6.45, 7) is 4.88. The molecule has 0 aliphatic carbocycles. The number of hydrogen-bond donors (Lipinski definition) is 3. The number of rotatable bonds is 5. The van der Waals surface area contributed by atoms with Crippen LogP contribution in [0.5, 0.6) is 0 Å². The highest BCUT2D eigenvalue weighted by molar-refractivity contribution is 8.00. The maximum absolute atomic E-state index is 10.6. The van der Waals surface area contributed by atoms with Gasteiger partial charge in [-0.05, 0) is 13.8 Å². The van der Waals surface area contributed by atoms with E-state index in [9.17, 15) is 9.59 Å². The van der Waals surface area contributed by atoms with Gasteiger partial charge in [0.25, 0.3) is 0 Å². The Morgan fingerprint density at radius 3 is 2.33 bits per heavy atom. The molecule has 1 amide bonds. The minimum atomic E-state index is -1.04. The molecule has 5 nitrogen and oxygen atoms in total. The summed E-state index contributed by atoms with van der Waals surface area (Å²) in [5, 5.41) is 11.3. The topological polar surface area (TPSA) is 92.4 Å². The average molecular weight is 257 g/mol. The monoisotopic (exact) mass is 256 g/mol. The molecule has 0 bridgehead atoms. The van der Waals surface area contributed by atoms with Crippen molar-refractivity contribution in [3.63, 3.8) is 0 Å². The van der Waals surface area contributed by atoms with Crippen LogP contribution in [-0.4, -0.2) is 33.6 Å². The molecule has 0 radical (unpaired) electrons. The number of carbonyl (C=O) groups is 2. The van der Waals surface area contributed by atoms with Crippen molar-refractivity contribution in [2.75, 3.05) is 5.88 Å². The van der Waals surface area contributed by atoms with Crippen molar-refractivity contribution in [1.29, 1.82) is 0 Å². The van der Waals surface area contributed by atoms with Crippen LogP contribution in [0.2, 0.25) is 0 Å². The molecule has 0 aromatic heterocycles. The summed E-state index contributed by atoms with van der Waals surface area (Å²) >= 11 is 1.31. The Bertz CT molecular complexity index is 236. The predicted octanol–water partition coefficient (Wildman–Crippen LogP) is 0.426. The summed E-state index contributed by atoms with van der Waals surface area (Å²) in [6.07, 6.45) is 0. The molecule has 1 atom stereocenters. The summed E-state index contributed by atoms with van der Waals surface area (Å²) in [7, 11) is 0. The summed E-state index contributed by atoms with van der Waals surface area (Å²) in [5.74, 6) is -0.814. The number of amides is 1. The number of aliphatic carboxylic acids is 1. The molecule has 0 saturated heterocycles. The normalized spacial score (nSPS) is 12.5. The van der Waals surface area contributed by atoms with E-state index in [0.717, 1.165) is 0 Å². The summed E-state index contributed by atoms with van der Waals surface area (Å²) in [6, 6.07) is -0.943. The Balaban J connectivity index is 0. The molecule has 0 fully saturated rings. The zero-order valence-corrected chi connectivity index (χ0v) is 10.6. The second-order valence-electron chi connectivity index (χ2n) is 3.44. The van der Waals surface area contributed by atoms with Crippen LogP contribution in [0.15, 0.2) is 0 Å². The van der Waals surface area contributed by atoms with Gasteiger partial charge in [-0.2, -0.15) is 0 Å². The Morgan fingerprint density at radius 1 is 1.53 bits per heavy atom. The molecule has 0 aliphatic heterocycles. The van der Waals surface area contributed by atoms with E-state index in [4.69, 9.17) is 10.8 Å². The molecule has 0 aromatic carbocycles. The van der Waals surface area contributed by atoms with Crippen LogP contribution < -0.4 is 11.1 Å². The fourth-order valence-electron chi connectivity index (χ4n) is 0.711. The van der Waals surface area contributed by atoms with Gasteiger partial charge in [0.05, 0.1) is 5.88 Å². The largest absolute Gasteiger partial charge is 0.480 e. The summed E-state index contributed by atoms with van der Waals surface area (Å²) < 4.78 is -0.603. The first kappa shape index (κ1) is 17.0. The van der Waals surface area contributed by atoms with Crippen molar-refractivity contribution in [3.05, 3.63) is 0 Å². The number of carboxylic acid groups (broad SMARTS) is 1. The zero-order chi connectivity index (χ0) is 11.4. The predicted molar refractivity (Wildman–Crippen MR) is 63.2 cm³/mol. The molecule has 0 heterocycles. The van der Waals surface area contributed by atoms with Gasteiger partial charge in [0.1, 0.15) is 6.04 Å². The minimum Gasteiger partial charge on any atom is -0.480 e. The number of hydrogen-bond acceptors (Lipinski definition) is 4. The lowest BCUT2D eigenvalue weighted by Crippen LogP contribution is -2.47. The van der Waals surface area contributed by atoms with Crippen molar-refractivity contribution < 1.29 is 14.7 Å². The molecule has 4 N–H and O–H groups in total. The summed E-state index contributed by atoms with van der Waals surface area (Å²) in [4.78, 5) is 21.2. The Morgan fingerprint density at radius 2 is 2.00 bits per heavy atom. The van der Waals surface area contributed by atoms with Gasteiger partial charge in [-0.15, -0.1) is 24.2 Å². The molecule has 90 valence electrons. The van der Waals surface area contributed by atoms with Gasteiger partial charge in [0, 0.05) is 11.7 Å². The van der Waals surface area contributed by atoms with Gasteiger partial charge in [-0.1, -0.05) is 0 Å². The number of carboxylic acids is 1. The average Bonchev–Trinajstić information content (AvgIpc) is 2.01. The third-order valence-electron chi connectivity index (χ3n) is 1.78. The SMILES string of the molecule is CC(=O)NCSC(C)(C)[C@@H](N)C(=O)O.Cl. The highest BCUT2D eigenvalue weighted by Gasteiger charge is 2.32. The van der Waals surface area contributed by atoms with Gasteiger partial charge in [0.2, 0.25) is 5.91 Å². The van der Waals surface area contributed by atoms with Crippen LogP contribution in [-0.2, 0) is 9.59 Å². The maximum atomic E-state index is 10.6. The molecule has 0 aromatic rings. The van der Waals surface area contributed by atoms with Crippen LogP contribution in [0.4, 0.5) is 0 Å². The molecule has 0 spiro atoms. The van der Waals surface area contributed by atoms with Crippen molar-refractivity contribution in [2.45, 2.75) is 31.6 Å². The van der Waals surface area contributed by atoms with E-state index in [0.29, 0.717) is 5.88 Å². The minimum absolute atomic E-state index is 0. The van der Waals surface area contributed by atoms with Crippen molar-refractivity contribution in [2.24, 2.45) is 5.73 Å². The number of thioether (sulfide) groups is 1. The smallest absolute Gasteiger partial charge is 0.321 e. The fourth-order valence-corrected chi connectivity index (χ4v) is 1.64.